The molecule has 0 aliphatic carbocycles. The molecule has 26 heavy (non-hydrogen) atoms. The lowest BCUT2D eigenvalue weighted by molar-refractivity contribution is -0.113. The summed E-state index contributed by atoms with van der Waals surface area (Å²) in [5.74, 6) is 0.297. The van der Waals surface area contributed by atoms with Gasteiger partial charge in [-0.25, -0.2) is 0 Å². The van der Waals surface area contributed by atoms with Gasteiger partial charge in [-0.15, -0.1) is 0 Å². The van der Waals surface area contributed by atoms with Crippen LogP contribution < -0.4 is 9.64 Å². The molecule has 2 aromatic rings. The van der Waals surface area contributed by atoms with Gasteiger partial charge in [-0.1, -0.05) is 24.9 Å². The highest BCUT2D eigenvalue weighted by atomic mass is 35.5. The molecule has 4 nitrogen and oxygen atoms in total. The molecular formula is C21H20ClNO3. The molecule has 0 unspecified atom stereocenters. The van der Waals surface area contributed by atoms with Crippen LogP contribution in [0.25, 0.3) is 5.57 Å². The Kier molecular flexibility index (Phi) is 5.43. The number of anilines is 1. The van der Waals surface area contributed by atoms with Crippen LogP contribution >= 0.6 is 11.6 Å². The van der Waals surface area contributed by atoms with Crippen molar-refractivity contribution in [3.63, 3.8) is 0 Å². The highest BCUT2D eigenvalue weighted by Gasteiger charge is 2.32. The van der Waals surface area contributed by atoms with E-state index in [9.17, 15) is 9.59 Å². The number of unbranched alkanes of at least 4 members (excludes halogenated alkanes) is 1. The zero-order valence-electron chi connectivity index (χ0n) is 14.8. The van der Waals surface area contributed by atoms with E-state index in [0.717, 1.165) is 18.5 Å². The van der Waals surface area contributed by atoms with Crippen molar-refractivity contribution in [3.8, 4) is 5.75 Å². The first kappa shape index (κ1) is 18.2. The Bertz CT molecular complexity index is 871. The maximum absolute atomic E-state index is 12.9. The Morgan fingerprint density at radius 3 is 2.58 bits per heavy atom. The van der Waals surface area contributed by atoms with Gasteiger partial charge < -0.3 is 9.64 Å². The van der Waals surface area contributed by atoms with Crippen LogP contribution in [-0.2, 0) is 4.79 Å². The number of fused-ring (bicyclic) bond motifs is 1. The van der Waals surface area contributed by atoms with Crippen molar-refractivity contribution in [1.29, 1.82) is 0 Å². The second kappa shape index (κ2) is 7.75. The first-order valence-electron chi connectivity index (χ1n) is 8.57. The number of ketones is 1. The van der Waals surface area contributed by atoms with E-state index in [1.165, 1.54) is 6.08 Å². The number of methoxy groups -OCH3 is 1. The first-order chi connectivity index (χ1) is 12.5. The molecule has 0 spiro atoms. The second-order valence-electron chi connectivity index (χ2n) is 6.12. The Morgan fingerprint density at radius 2 is 1.92 bits per heavy atom. The molecule has 0 aromatic heterocycles. The van der Waals surface area contributed by atoms with Crippen LogP contribution in [0, 0.1) is 0 Å². The Morgan fingerprint density at radius 1 is 1.19 bits per heavy atom. The predicted molar refractivity (Wildman–Crippen MR) is 104 cm³/mol. The number of benzene rings is 2. The lowest BCUT2D eigenvalue weighted by atomic mass is 10.0. The molecule has 0 saturated carbocycles. The minimum absolute atomic E-state index is 0.155. The second-order valence-corrected chi connectivity index (χ2v) is 6.56. The number of nitrogens with zero attached hydrogens (tertiary/aromatic N) is 1. The highest BCUT2D eigenvalue weighted by molar-refractivity contribution is 6.37. The number of carbonyl (C=O) groups excluding carboxylic acids is 2. The summed E-state index contributed by atoms with van der Waals surface area (Å²) in [7, 11) is 1.57. The van der Waals surface area contributed by atoms with Crippen molar-refractivity contribution in [3.05, 3.63) is 64.7 Å². The monoisotopic (exact) mass is 369 g/mol. The number of rotatable bonds is 6. The fourth-order valence-electron chi connectivity index (χ4n) is 2.98. The van der Waals surface area contributed by atoms with E-state index >= 15 is 0 Å². The summed E-state index contributed by atoms with van der Waals surface area (Å²) in [5.41, 5.74) is 2.41. The van der Waals surface area contributed by atoms with Crippen LogP contribution in [-0.4, -0.2) is 25.3 Å². The molecule has 3 rings (SSSR count). The van der Waals surface area contributed by atoms with Gasteiger partial charge in [0.2, 0.25) is 0 Å². The van der Waals surface area contributed by atoms with Crippen LogP contribution in [0.15, 0.2) is 48.5 Å². The summed E-state index contributed by atoms with van der Waals surface area (Å²) >= 11 is 6.12. The normalized spacial score (nSPS) is 14.7. The molecular weight excluding hydrogens is 350 g/mol. The molecule has 5 heteroatoms. The van der Waals surface area contributed by atoms with Crippen LogP contribution in [0.1, 0.15) is 35.7 Å². The predicted octanol–water partition coefficient (Wildman–Crippen LogP) is 4.76. The summed E-state index contributed by atoms with van der Waals surface area (Å²) in [6.45, 7) is 2.70. The maximum Gasteiger partial charge on any atom is 0.259 e. The van der Waals surface area contributed by atoms with Crippen molar-refractivity contribution in [1.82, 2.24) is 0 Å². The number of amides is 1. The lowest BCUT2D eigenvalue weighted by Gasteiger charge is -2.16. The molecule has 134 valence electrons. The number of hydrogen-bond donors (Lipinski definition) is 0. The summed E-state index contributed by atoms with van der Waals surface area (Å²) in [6.07, 6.45) is 3.29. The van der Waals surface area contributed by atoms with Crippen LogP contribution in [0.4, 0.5) is 5.69 Å². The minimum atomic E-state index is -0.223. The van der Waals surface area contributed by atoms with Crippen molar-refractivity contribution < 1.29 is 14.3 Å². The number of allylic oxidation sites excluding steroid dienone is 1. The molecule has 0 fully saturated rings. The van der Waals surface area contributed by atoms with E-state index in [-0.39, 0.29) is 11.7 Å². The molecule has 2 aromatic carbocycles. The summed E-state index contributed by atoms with van der Waals surface area (Å²) in [5, 5.41) is 0.539. The van der Waals surface area contributed by atoms with Gasteiger partial charge in [0, 0.05) is 22.7 Å². The van der Waals surface area contributed by atoms with E-state index in [2.05, 4.69) is 6.92 Å². The molecule has 1 aliphatic heterocycles. The highest BCUT2D eigenvalue weighted by Crippen LogP contribution is 2.38. The van der Waals surface area contributed by atoms with E-state index in [4.69, 9.17) is 16.3 Å². The molecule has 1 amide bonds. The van der Waals surface area contributed by atoms with Gasteiger partial charge in [0.1, 0.15) is 5.75 Å². The number of carbonyl (C=O) groups is 2. The van der Waals surface area contributed by atoms with Crippen LogP contribution in [0.5, 0.6) is 5.75 Å². The van der Waals surface area contributed by atoms with Gasteiger partial charge in [-0.3, -0.25) is 9.59 Å². The summed E-state index contributed by atoms with van der Waals surface area (Å²) in [4.78, 5) is 27.3. The van der Waals surface area contributed by atoms with Crippen molar-refractivity contribution >= 4 is 34.6 Å². The molecule has 0 N–H and O–H groups in total. The van der Waals surface area contributed by atoms with Gasteiger partial charge in [0.25, 0.3) is 5.91 Å². The third-order valence-corrected chi connectivity index (χ3v) is 4.64. The average molecular weight is 370 g/mol. The molecule has 1 heterocycles. The summed E-state index contributed by atoms with van der Waals surface area (Å²) < 4.78 is 5.11. The van der Waals surface area contributed by atoms with Crippen LogP contribution in [0.2, 0.25) is 5.02 Å². The zero-order valence-corrected chi connectivity index (χ0v) is 15.5. The molecule has 1 aliphatic rings. The van der Waals surface area contributed by atoms with Gasteiger partial charge in [-0.05, 0) is 55.0 Å². The third-order valence-electron chi connectivity index (χ3n) is 4.40. The van der Waals surface area contributed by atoms with E-state index in [0.29, 0.717) is 34.0 Å². The number of halogens is 1. The zero-order chi connectivity index (χ0) is 18.7. The van der Waals surface area contributed by atoms with Crippen molar-refractivity contribution in [2.24, 2.45) is 0 Å². The van der Waals surface area contributed by atoms with E-state index in [1.54, 1.807) is 48.4 Å². The Balaban J connectivity index is 1.97. The molecule has 0 radical (unpaired) electrons. The topological polar surface area (TPSA) is 46.6 Å². The maximum atomic E-state index is 12.9. The first-order valence-corrected chi connectivity index (χ1v) is 8.94. The van der Waals surface area contributed by atoms with Crippen LogP contribution in [0.3, 0.4) is 0 Å². The molecule has 0 atom stereocenters. The smallest absolute Gasteiger partial charge is 0.259 e. The molecule has 0 bridgehead atoms. The van der Waals surface area contributed by atoms with Crippen molar-refractivity contribution in [2.75, 3.05) is 18.6 Å². The van der Waals surface area contributed by atoms with E-state index in [1.807, 2.05) is 6.07 Å². The Labute approximate surface area is 158 Å². The lowest BCUT2D eigenvalue weighted by Crippen LogP contribution is -2.27. The SMILES string of the molecule is CCCCN1C(=O)/C(=C/C(=O)c2ccc(OC)cc2)c2cc(Cl)ccc21. The fraction of sp³-hybridized carbons (Fsp3) is 0.238. The molecule has 0 saturated heterocycles. The van der Waals surface area contributed by atoms with Gasteiger partial charge in [-0.2, -0.15) is 0 Å². The number of ether oxygens (including phenoxy) is 1. The summed E-state index contributed by atoms with van der Waals surface area (Å²) in [6, 6.07) is 12.2. The third kappa shape index (κ3) is 3.51. The van der Waals surface area contributed by atoms with E-state index < -0.39 is 0 Å². The van der Waals surface area contributed by atoms with Gasteiger partial charge in [0.05, 0.1) is 18.4 Å². The quantitative estimate of drug-likeness (QED) is 0.544. The number of hydrogen-bond acceptors (Lipinski definition) is 3. The largest absolute Gasteiger partial charge is 0.497 e. The van der Waals surface area contributed by atoms with Gasteiger partial charge >= 0.3 is 0 Å². The van der Waals surface area contributed by atoms with Crippen molar-refractivity contribution in [2.45, 2.75) is 19.8 Å². The van der Waals surface area contributed by atoms with Gasteiger partial charge in [0.15, 0.2) is 5.78 Å². The standard InChI is InChI=1S/C21H20ClNO3/c1-3-4-11-23-19-10-7-15(22)12-17(19)18(21(23)25)13-20(24)14-5-8-16(26-2)9-6-14/h5-10,12-13H,3-4,11H2,1-2H3/b18-13+. The average Bonchev–Trinajstić information content (AvgIpc) is 2.91. The fourth-order valence-corrected chi connectivity index (χ4v) is 3.15. The minimum Gasteiger partial charge on any atom is -0.497 e. The Hall–Kier alpha value is -2.59.